The third-order valence-electron chi connectivity index (χ3n) is 3.04. The molecule has 0 aliphatic heterocycles. The molecule has 2 heterocycles. The number of fused-ring (bicyclic) bond motifs is 1. The Hall–Kier alpha value is -1.62. The molecule has 0 aliphatic rings. The second-order valence-corrected chi connectivity index (χ2v) is 4.43. The highest BCUT2D eigenvalue weighted by molar-refractivity contribution is 5.91. The lowest BCUT2D eigenvalue weighted by Gasteiger charge is -1.92. The van der Waals surface area contributed by atoms with E-state index in [-0.39, 0.29) is 24.0 Å². The van der Waals surface area contributed by atoms with Gasteiger partial charge in [-0.05, 0) is 23.8 Å². The van der Waals surface area contributed by atoms with Crippen molar-refractivity contribution >= 4 is 23.1 Å². The molecule has 0 amide bonds. The number of hydrogen-bond acceptors (Lipinski definition) is 0. The molecule has 0 aliphatic carbocycles. The predicted octanol–water partition coefficient (Wildman–Crippen LogP) is 0.167. The monoisotopic (exact) mass is 362 g/mol. The Morgan fingerprint density at radius 3 is 2.74 bits per heavy atom. The molecular formula is C16H15IN2. The van der Waals surface area contributed by atoms with Gasteiger partial charge in [-0.25, -0.2) is 4.57 Å². The number of halogens is 1. The largest absolute Gasteiger partial charge is 1.00 e. The van der Waals surface area contributed by atoms with E-state index in [9.17, 15) is 0 Å². The van der Waals surface area contributed by atoms with Crippen LogP contribution in [0.3, 0.4) is 0 Å². The van der Waals surface area contributed by atoms with E-state index in [0.29, 0.717) is 0 Å². The quantitative estimate of drug-likeness (QED) is 0.495. The number of hydrogen-bond donors (Lipinski definition) is 1. The molecule has 2 aromatic heterocycles. The van der Waals surface area contributed by atoms with E-state index in [1.807, 2.05) is 25.5 Å². The average molecular weight is 362 g/mol. The minimum absolute atomic E-state index is 0. The highest BCUT2D eigenvalue weighted by Crippen LogP contribution is 2.19. The van der Waals surface area contributed by atoms with Crippen LogP contribution in [0.25, 0.3) is 23.1 Å². The molecule has 3 heteroatoms. The number of nitrogens with zero attached hydrogens (tertiary/aromatic N) is 1. The van der Waals surface area contributed by atoms with Crippen molar-refractivity contribution in [2.75, 3.05) is 0 Å². The number of aromatic amines is 1. The fourth-order valence-corrected chi connectivity index (χ4v) is 2.13. The number of para-hydroxylation sites is 1. The van der Waals surface area contributed by atoms with Gasteiger partial charge in [-0.1, -0.05) is 24.3 Å². The minimum atomic E-state index is 0. The maximum absolute atomic E-state index is 3.28. The van der Waals surface area contributed by atoms with Gasteiger partial charge in [0.05, 0.1) is 0 Å². The average Bonchev–Trinajstić information content (AvgIpc) is 2.80. The van der Waals surface area contributed by atoms with Crippen LogP contribution < -0.4 is 28.5 Å². The Labute approximate surface area is 129 Å². The molecule has 0 fully saturated rings. The fraction of sp³-hybridized carbons (Fsp3) is 0.0625. The first-order chi connectivity index (χ1) is 8.83. The summed E-state index contributed by atoms with van der Waals surface area (Å²) in [6, 6.07) is 12.5. The van der Waals surface area contributed by atoms with E-state index in [4.69, 9.17) is 0 Å². The molecule has 1 aromatic carbocycles. The van der Waals surface area contributed by atoms with Crippen molar-refractivity contribution in [1.29, 1.82) is 0 Å². The summed E-state index contributed by atoms with van der Waals surface area (Å²) in [5, 5.41) is 1.26. The second kappa shape index (κ2) is 6.02. The molecule has 3 aromatic rings. The lowest BCUT2D eigenvalue weighted by Crippen LogP contribution is -3.00. The molecule has 1 N–H and O–H groups in total. The van der Waals surface area contributed by atoms with Crippen LogP contribution in [0.2, 0.25) is 0 Å². The van der Waals surface area contributed by atoms with Crippen molar-refractivity contribution in [3.63, 3.8) is 0 Å². The van der Waals surface area contributed by atoms with Gasteiger partial charge < -0.3 is 29.0 Å². The first-order valence-corrected chi connectivity index (χ1v) is 6.02. The summed E-state index contributed by atoms with van der Waals surface area (Å²) < 4.78 is 2.05. The van der Waals surface area contributed by atoms with Crippen molar-refractivity contribution in [2.45, 2.75) is 0 Å². The lowest BCUT2D eigenvalue weighted by atomic mass is 10.1. The van der Waals surface area contributed by atoms with Gasteiger partial charge in [0.1, 0.15) is 7.05 Å². The minimum Gasteiger partial charge on any atom is -1.00 e. The summed E-state index contributed by atoms with van der Waals surface area (Å²) in [4.78, 5) is 3.28. The number of nitrogens with one attached hydrogen (secondary N) is 1. The van der Waals surface area contributed by atoms with Gasteiger partial charge in [0.2, 0.25) is 0 Å². The normalized spacial score (nSPS) is 10.8. The Bertz CT molecular complexity index is 713. The van der Waals surface area contributed by atoms with Gasteiger partial charge in [-0.3, -0.25) is 0 Å². The zero-order valence-electron chi connectivity index (χ0n) is 10.7. The van der Waals surface area contributed by atoms with Crippen molar-refractivity contribution in [3.8, 4) is 0 Å². The summed E-state index contributed by atoms with van der Waals surface area (Å²) in [5.41, 5.74) is 3.60. The Balaban J connectivity index is 0.00000133. The maximum Gasteiger partial charge on any atom is 0.175 e. The first-order valence-electron chi connectivity index (χ1n) is 6.02. The molecule has 0 saturated carbocycles. The third kappa shape index (κ3) is 3.04. The number of H-pyrrole nitrogens is 1. The summed E-state index contributed by atoms with van der Waals surface area (Å²) in [6.07, 6.45) is 10.5. The smallest absolute Gasteiger partial charge is 0.175 e. The summed E-state index contributed by atoms with van der Waals surface area (Å²) in [5.74, 6) is 0. The van der Waals surface area contributed by atoms with Crippen molar-refractivity contribution in [2.24, 2.45) is 7.05 Å². The van der Waals surface area contributed by atoms with E-state index in [2.05, 4.69) is 58.2 Å². The number of pyridine rings is 1. The van der Waals surface area contributed by atoms with Crippen LogP contribution in [-0.2, 0) is 7.05 Å². The van der Waals surface area contributed by atoms with E-state index >= 15 is 0 Å². The van der Waals surface area contributed by atoms with E-state index in [1.165, 1.54) is 22.0 Å². The molecule has 0 bridgehead atoms. The number of rotatable bonds is 2. The van der Waals surface area contributed by atoms with Gasteiger partial charge in [0, 0.05) is 28.7 Å². The Kier molecular flexibility index (Phi) is 4.37. The topological polar surface area (TPSA) is 19.7 Å². The van der Waals surface area contributed by atoms with Gasteiger partial charge in [-0.2, -0.15) is 0 Å². The first kappa shape index (κ1) is 13.8. The second-order valence-electron chi connectivity index (χ2n) is 4.43. The number of aromatic nitrogens is 2. The molecule has 0 saturated heterocycles. The molecule has 0 unspecified atom stereocenters. The summed E-state index contributed by atoms with van der Waals surface area (Å²) in [6.45, 7) is 0. The van der Waals surface area contributed by atoms with Gasteiger partial charge in [-0.15, -0.1) is 0 Å². The molecule has 3 rings (SSSR count). The van der Waals surface area contributed by atoms with Gasteiger partial charge in [0.25, 0.3) is 0 Å². The molecular weight excluding hydrogens is 347 g/mol. The fourth-order valence-electron chi connectivity index (χ4n) is 2.13. The van der Waals surface area contributed by atoms with Crippen LogP contribution in [0.5, 0.6) is 0 Å². The number of aryl methyl sites for hydroxylation is 1. The highest BCUT2D eigenvalue weighted by atomic mass is 127. The maximum atomic E-state index is 3.28. The van der Waals surface area contributed by atoms with Crippen LogP contribution in [0.15, 0.2) is 55.0 Å². The predicted molar refractivity (Wildman–Crippen MR) is 74.8 cm³/mol. The molecule has 0 radical (unpaired) electrons. The number of benzene rings is 1. The molecule has 19 heavy (non-hydrogen) atoms. The van der Waals surface area contributed by atoms with Crippen molar-refractivity contribution in [1.82, 2.24) is 4.98 Å². The molecule has 0 spiro atoms. The van der Waals surface area contributed by atoms with Crippen LogP contribution >= 0.6 is 0 Å². The summed E-state index contributed by atoms with van der Waals surface area (Å²) in [7, 11) is 2.03. The van der Waals surface area contributed by atoms with Crippen molar-refractivity contribution < 1.29 is 28.5 Å². The lowest BCUT2D eigenvalue weighted by molar-refractivity contribution is -0.671. The molecule has 96 valence electrons. The SMILES string of the molecule is C[n+]1cccc(/C=C/c2c[nH]c3ccccc23)c1.[I-]. The zero-order valence-corrected chi connectivity index (χ0v) is 12.8. The summed E-state index contributed by atoms with van der Waals surface area (Å²) >= 11 is 0. The Morgan fingerprint density at radius 1 is 1.05 bits per heavy atom. The third-order valence-corrected chi connectivity index (χ3v) is 3.04. The van der Waals surface area contributed by atoms with Crippen molar-refractivity contribution in [3.05, 3.63) is 66.1 Å². The van der Waals surface area contributed by atoms with Crippen LogP contribution in [0, 0.1) is 0 Å². The van der Waals surface area contributed by atoms with E-state index < -0.39 is 0 Å². The standard InChI is InChI=1S/C16H15N2.HI/c1-18-10-4-5-13(12-18)8-9-14-11-17-16-7-3-2-6-15(14)16;/h2-12,17H,1H3;1H/q+1;/p-1/b9-8+;. The van der Waals surface area contributed by atoms with Crippen LogP contribution in [-0.4, -0.2) is 4.98 Å². The zero-order chi connectivity index (χ0) is 12.4. The van der Waals surface area contributed by atoms with E-state index in [1.54, 1.807) is 0 Å². The van der Waals surface area contributed by atoms with Gasteiger partial charge in [0.15, 0.2) is 12.4 Å². The van der Waals surface area contributed by atoms with Crippen LogP contribution in [0.4, 0.5) is 0 Å². The van der Waals surface area contributed by atoms with Gasteiger partial charge >= 0.3 is 0 Å². The van der Waals surface area contributed by atoms with E-state index in [0.717, 1.165) is 0 Å². The molecule has 2 nitrogen and oxygen atoms in total. The van der Waals surface area contributed by atoms with Crippen LogP contribution in [0.1, 0.15) is 11.1 Å². The molecule has 0 atom stereocenters. The highest BCUT2D eigenvalue weighted by Gasteiger charge is 1.99. The Morgan fingerprint density at radius 2 is 1.89 bits per heavy atom.